The van der Waals surface area contributed by atoms with E-state index < -0.39 is 10.9 Å². The molecule has 0 saturated heterocycles. The molecule has 1 aromatic carbocycles. The van der Waals surface area contributed by atoms with Gasteiger partial charge in [0.05, 0.1) is 5.69 Å². The summed E-state index contributed by atoms with van der Waals surface area (Å²) in [5.74, 6) is -0.00146. The minimum absolute atomic E-state index is 0.00146. The van der Waals surface area contributed by atoms with Gasteiger partial charge in [-0.3, -0.25) is 9.59 Å². The lowest BCUT2D eigenvalue weighted by molar-refractivity contribution is 0.752. The maximum atomic E-state index is 11.4. The van der Waals surface area contributed by atoms with E-state index in [0.29, 0.717) is 23.1 Å². The average Bonchev–Trinajstić information content (AvgIpc) is 2.91. The molecule has 22 heavy (non-hydrogen) atoms. The SMILES string of the molecule is CNc1c(NCCCCc2csc(N=C(N)N)n2)c(=O)c1=O. The summed E-state index contributed by atoms with van der Waals surface area (Å²) >= 11 is 1.39. The van der Waals surface area contributed by atoms with E-state index in [9.17, 15) is 9.59 Å². The van der Waals surface area contributed by atoms with Gasteiger partial charge in [0.2, 0.25) is 5.13 Å². The Kier molecular flexibility index (Phi) is 5.10. The molecule has 0 radical (unpaired) electrons. The summed E-state index contributed by atoms with van der Waals surface area (Å²) < 4.78 is 0. The van der Waals surface area contributed by atoms with Gasteiger partial charge in [-0.15, -0.1) is 11.3 Å². The van der Waals surface area contributed by atoms with Crippen LogP contribution in [0.4, 0.5) is 16.5 Å². The lowest BCUT2D eigenvalue weighted by Crippen LogP contribution is -2.36. The van der Waals surface area contributed by atoms with Crippen molar-refractivity contribution in [3.8, 4) is 0 Å². The highest BCUT2D eigenvalue weighted by Gasteiger charge is 2.18. The van der Waals surface area contributed by atoms with Gasteiger partial charge in [-0.1, -0.05) is 0 Å². The van der Waals surface area contributed by atoms with Crippen LogP contribution < -0.4 is 33.0 Å². The highest BCUT2D eigenvalue weighted by atomic mass is 32.1. The molecule has 1 aromatic heterocycles. The maximum absolute atomic E-state index is 11.4. The Labute approximate surface area is 131 Å². The first-order valence-electron chi connectivity index (χ1n) is 6.82. The first-order valence-corrected chi connectivity index (χ1v) is 7.70. The second-order valence-electron chi connectivity index (χ2n) is 4.70. The van der Waals surface area contributed by atoms with Gasteiger partial charge in [-0.05, 0) is 19.3 Å². The number of nitrogens with zero attached hydrogens (tertiary/aromatic N) is 2. The number of hydrogen-bond donors (Lipinski definition) is 4. The first-order chi connectivity index (χ1) is 10.5. The molecule has 0 saturated carbocycles. The molecule has 6 N–H and O–H groups in total. The number of aromatic nitrogens is 1. The monoisotopic (exact) mass is 322 g/mol. The minimum Gasteiger partial charge on any atom is -0.383 e. The summed E-state index contributed by atoms with van der Waals surface area (Å²) in [4.78, 5) is 30.7. The Morgan fingerprint density at radius 1 is 1.27 bits per heavy atom. The van der Waals surface area contributed by atoms with Crippen molar-refractivity contribution in [2.75, 3.05) is 24.2 Å². The summed E-state index contributed by atoms with van der Waals surface area (Å²) in [5.41, 5.74) is 11.4. The predicted molar refractivity (Wildman–Crippen MR) is 89.9 cm³/mol. The standard InChI is InChI=1S/C13H18N6O2S/c1-16-8-9(11(21)10(8)20)17-5-3-2-4-7-6-22-13(18-7)19-12(14)15/h6,16-17H,2-5H2,1H3,(H4,14,15,18,19). The highest BCUT2D eigenvalue weighted by molar-refractivity contribution is 7.13. The van der Waals surface area contributed by atoms with Gasteiger partial charge in [-0.25, -0.2) is 4.98 Å². The van der Waals surface area contributed by atoms with Gasteiger partial charge in [0.15, 0.2) is 5.96 Å². The van der Waals surface area contributed by atoms with Crippen molar-refractivity contribution in [2.24, 2.45) is 16.5 Å². The van der Waals surface area contributed by atoms with Crippen LogP contribution in [0, 0.1) is 0 Å². The van der Waals surface area contributed by atoms with Crippen molar-refractivity contribution in [2.45, 2.75) is 19.3 Å². The van der Waals surface area contributed by atoms with Gasteiger partial charge in [0, 0.05) is 19.0 Å². The van der Waals surface area contributed by atoms with Gasteiger partial charge in [-0.2, -0.15) is 4.99 Å². The topological polar surface area (TPSA) is 135 Å². The van der Waals surface area contributed by atoms with E-state index in [-0.39, 0.29) is 5.96 Å². The van der Waals surface area contributed by atoms with Crippen molar-refractivity contribution in [1.82, 2.24) is 4.98 Å². The van der Waals surface area contributed by atoms with Crippen LogP contribution in [0.25, 0.3) is 0 Å². The number of hydrogen-bond acceptors (Lipinski definition) is 7. The fraction of sp³-hybridized carbons (Fsp3) is 0.385. The number of aliphatic imine (C=N–C) groups is 1. The van der Waals surface area contributed by atoms with E-state index >= 15 is 0 Å². The third kappa shape index (κ3) is 3.61. The second kappa shape index (κ2) is 7.03. The molecule has 0 fully saturated rings. The number of anilines is 2. The van der Waals surface area contributed by atoms with Crippen LogP contribution in [-0.2, 0) is 6.42 Å². The van der Waals surface area contributed by atoms with Crippen molar-refractivity contribution in [1.29, 1.82) is 0 Å². The number of nitrogens with one attached hydrogen (secondary N) is 2. The fourth-order valence-corrected chi connectivity index (χ4v) is 2.76. The Bertz CT molecular complexity index is 740. The summed E-state index contributed by atoms with van der Waals surface area (Å²) in [6, 6.07) is 0. The van der Waals surface area contributed by atoms with E-state index in [1.165, 1.54) is 11.3 Å². The normalized spacial score (nSPS) is 10.6. The zero-order valence-corrected chi connectivity index (χ0v) is 13.0. The molecule has 2 aromatic rings. The molecule has 8 nitrogen and oxygen atoms in total. The molecular formula is C13H18N6O2S. The van der Waals surface area contributed by atoms with E-state index in [4.69, 9.17) is 11.5 Å². The fourth-order valence-electron chi connectivity index (χ4n) is 2.02. The lowest BCUT2D eigenvalue weighted by Gasteiger charge is -2.12. The molecule has 9 heteroatoms. The molecule has 0 spiro atoms. The minimum atomic E-state index is -0.459. The Balaban J connectivity index is 1.73. The number of nitrogens with two attached hydrogens (primary N) is 2. The third-order valence-corrected chi connectivity index (χ3v) is 3.87. The molecule has 0 aliphatic rings. The van der Waals surface area contributed by atoms with E-state index in [2.05, 4.69) is 20.6 Å². The van der Waals surface area contributed by atoms with Crippen LogP contribution in [0.5, 0.6) is 0 Å². The van der Waals surface area contributed by atoms with Crippen LogP contribution in [0.1, 0.15) is 18.5 Å². The van der Waals surface area contributed by atoms with Crippen LogP contribution in [0.15, 0.2) is 20.0 Å². The summed E-state index contributed by atoms with van der Waals surface area (Å²) in [7, 11) is 1.62. The molecule has 0 atom stereocenters. The molecule has 0 aliphatic carbocycles. The number of rotatable bonds is 8. The molecule has 0 bridgehead atoms. The smallest absolute Gasteiger partial charge is 0.253 e. The summed E-state index contributed by atoms with van der Waals surface area (Å²) in [5, 5.41) is 8.19. The van der Waals surface area contributed by atoms with Crippen molar-refractivity contribution < 1.29 is 0 Å². The number of thiazole rings is 1. The molecule has 0 amide bonds. The van der Waals surface area contributed by atoms with Crippen LogP contribution in [0.3, 0.4) is 0 Å². The zero-order chi connectivity index (χ0) is 16.1. The highest BCUT2D eigenvalue weighted by Crippen LogP contribution is 2.19. The average molecular weight is 322 g/mol. The van der Waals surface area contributed by atoms with E-state index in [0.717, 1.165) is 25.0 Å². The molecule has 118 valence electrons. The van der Waals surface area contributed by atoms with Gasteiger partial charge in [0.25, 0.3) is 10.9 Å². The largest absolute Gasteiger partial charge is 0.383 e. The first kappa shape index (κ1) is 16.0. The summed E-state index contributed by atoms with van der Waals surface area (Å²) in [6.45, 7) is 0.629. The van der Waals surface area contributed by atoms with Crippen LogP contribution in [0.2, 0.25) is 0 Å². The second-order valence-corrected chi connectivity index (χ2v) is 5.54. The molecular weight excluding hydrogens is 304 g/mol. The molecule has 0 aliphatic heterocycles. The quantitative estimate of drug-likeness (QED) is 0.234. The van der Waals surface area contributed by atoms with Gasteiger partial charge >= 0.3 is 0 Å². The summed E-state index contributed by atoms with van der Waals surface area (Å²) in [6.07, 6.45) is 2.57. The predicted octanol–water partition coefficient (Wildman–Crippen LogP) is 0.120. The Hall–Kier alpha value is -2.42. The van der Waals surface area contributed by atoms with Crippen molar-refractivity contribution in [3.05, 3.63) is 31.5 Å². The Morgan fingerprint density at radius 3 is 2.68 bits per heavy atom. The third-order valence-electron chi connectivity index (χ3n) is 3.09. The van der Waals surface area contributed by atoms with Crippen molar-refractivity contribution in [3.63, 3.8) is 0 Å². The maximum Gasteiger partial charge on any atom is 0.253 e. The Morgan fingerprint density at radius 2 is 2.00 bits per heavy atom. The van der Waals surface area contributed by atoms with Crippen LogP contribution >= 0.6 is 11.3 Å². The van der Waals surface area contributed by atoms with E-state index in [1.54, 1.807) is 7.05 Å². The van der Waals surface area contributed by atoms with Gasteiger partial charge < -0.3 is 22.1 Å². The molecule has 1 heterocycles. The van der Waals surface area contributed by atoms with Crippen molar-refractivity contribution >= 4 is 33.8 Å². The van der Waals surface area contributed by atoms with Gasteiger partial charge in [0.1, 0.15) is 11.4 Å². The molecule has 0 unspecified atom stereocenters. The zero-order valence-electron chi connectivity index (χ0n) is 12.2. The van der Waals surface area contributed by atoms with Crippen LogP contribution in [-0.4, -0.2) is 24.5 Å². The number of unbranched alkanes of at least 4 members (excludes halogenated alkanes) is 1. The number of aryl methyl sites for hydroxylation is 1. The lowest BCUT2D eigenvalue weighted by atomic mass is 10.1. The number of guanidine groups is 1. The molecule has 2 rings (SSSR count). The van der Waals surface area contributed by atoms with E-state index in [1.807, 2.05) is 5.38 Å².